The number of hydrogen-bond donors (Lipinski definition) is 1. The minimum atomic E-state index is -0.242. The van der Waals surface area contributed by atoms with Gasteiger partial charge in [-0.15, -0.1) is 0 Å². The molecule has 0 aliphatic carbocycles. The van der Waals surface area contributed by atoms with E-state index in [1.54, 1.807) is 49.4 Å². The van der Waals surface area contributed by atoms with Crippen LogP contribution in [0.2, 0.25) is 0 Å². The van der Waals surface area contributed by atoms with E-state index in [0.29, 0.717) is 42.2 Å². The summed E-state index contributed by atoms with van der Waals surface area (Å²) >= 11 is 0. The van der Waals surface area contributed by atoms with Crippen molar-refractivity contribution in [2.24, 2.45) is 5.92 Å². The highest BCUT2D eigenvalue weighted by molar-refractivity contribution is 5.98. The third kappa shape index (κ3) is 6.33. The van der Waals surface area contributed by atoms with E-state index in [4.69, 9.17) is 9.47 Å². The minimum absolute atomic E-state index is 0.0792. The van der Waals surface area contributed by atoms with Gasteiger partial charge in [0, 0.05) is 64.1 Å². The van der Waals surface area contributed by atoms with Crippen LogP contribution >= 0.6 is 0 Å². The predicted molar refractivity (Wildman–Crippen MR) is 129 cm³/mol. The highest BCUT2D eigenvalue weighted by atomic mass is 19.1. The van der Waals surface area contributed by atoms with Crippen molar-refractivity contribution in [2.75, 3.05) is 39.2 Å². The Bertz CT molecular complexity index is 1020. The van der Waals surface area contributed by atoms with Gasteiger partial charge in [0.25, 0.3) is 5.91 Å². The molecule has 0 spiro atoms. The zero-order chi connectivity index (χ0) is 24.8. The van der Waals surface area contributed by atoms with Gasteiger partial charge < -0.3 is 19.7 Å². The van der Waals surface area contributed by atoms with Gasteiger partial charge in [0.15, 0.2) is 0 Å². The molecular weight excluding hydrogens is 437 g/mol. The van der Waals surface area contributed by atoms with Crippen molar-refractivity contribution in [3.8, 4) is 5.75 Å². The molecule has 2 aromatic rings. The van der Waals surface area contributed by atoms with Gasteiger partial charge in [0.2, 0.25) is 5.91 Å². The van der Waals surface area contributed by atoms with Crippen molar-refractivity contribution in [1.29, 1.82) is 0 Å². The number of carbonyl (C=O) groups is 2. The van der Waals surface area contributed by atoms with Gasteiger partial charge in [-0.2, -0.15) is 0 Å². The highest BCUT2D eigenvalue weighted by Gasteiger charge is 2.28. The lowest BCUT2D eigenvalue weighted by molar-refractivity contribution is -0.114. The largest absolute Gasteiger partial charge is 0.491 e. The van der Waals surface area contributed by atoms with Crippen molar-refractivity contribution in [2.45, 2.75) is 39.5 Å². The second kappa shape index (κ2) is 11.4. The summed E-state index contributed by atoms with van der Waals surface area (Å²) in [4.78, 5) is 28.6. The fourth-order valence-corrected chi connectivity index (χ4v) is 4.19. The number of methoxy groups -OCH3 is 1. The number of hydrogen-bond acceptors (Lipinski definition) is 5. The van der Waals surface area contributed by atoms with Crippen LogP contribution in [0.25, 0.3) is 0 Å². The molecule has 1 aliphatic rings. The van der Waals surface area contributed by atoms with Gasteiger partial charge in [0.05, 0.1) is 11.7 Å². The molecule has 1 aliphatic heterocycles. The second-order valence-corrected chi connectivity index (χ2v) is 9.01. The zero-order valence-electron chi connectivity index (χ0n) is 20.5. The summed E-state index contributed by atoms with van der Waals surface area (Å²) in [6, 6.07) is 11.7. The van der Waals surface area contributed by atoms with E-state index in [-0.39, 0.29) is 42.3 Å². The first-order chi connectivity index (χ1) is 16.2. The maximum Gasteiger partial charge on any atom is 0.257 e. The van der Waals surface area contributed by atoms with Crippen LogP contribution in [-0.2, 0) is 16.1 Å². The lowest BCUT2D eigenvalue weighted by Crippen LogP contribution is -2.46. The minimum Gasteiger partial charge on any atom is -0.491 e. The molecular formula is C26H34FN3O4. The number of rotatable bonds is 4. The highest BCUT2D eigenvalue weighted by Crippen LogP contribution is 2.27. The molecule has 3 atom stereocenters. The van der Waals surface area contributed by atoms with Gasteiger partial charge in [-0.3, -0.25) is 14.5 Å². The monoisotopic (exact) mass is 471 g/mol. The van der Waals surface area contributed by atoms with Crippen LogP contribution in [0, 0.1) is 11.7 Å². The number of fused-ring (bicyclic) bond motifs is 1. The summed E-state index contributed by atoms with van der Waals surface area (Å²) < 4.78 is 26.3. The lowest BCUT2D eigenvalue weighted by atomic mass is 10.0. The molecule has 2 aromatic carbocycles. The normalized spacial score (nSPS) is 22.2. The Labute approximate surface area is 200 Å². The van der Waals surface area contributed by atoms with Crippen molar-refractivity contribution in [3.05, 3.63) is 59.4 Å². The van der Waals surface area contributed by atoms with Gasteiger partial charge in [0.1, 0.15) is 18.2 Å². The zero-order valence-corrected chi connectivity index (χ0v) is 20.5. The average molecular weight is 472 g/mol. The summed E-state index contributed by atoms with van der Waals surface area (Å²) in [6.45, 7) is 7.26. The summed E-state index contributed by atoms with van der Waals surface area (Å²) in [6.07, 6.45) is -0.202. The lowest BCUT2D eigenvalue weighted by Gasteiger charge is -2.36. The first kappa shape index (κ1) is 25.6. The molecule has 1 heterocycles. The van der Waals surface area contributed by atoms with Gasteiger partial charge in [-0.05, 0) is 31.0 Å². The molecule has 1 N–H and O–H groups in total. The van der Waals surface area contributed by atoms with E-state index in [9.17, 15) is 14.0 Å². The Morgan fingerprint density at radius 1 is 1.21 bits per heavy atom. The number of likely N-dealkylation sites (N-methyl/N-ethyl adjacent to an activating group) is 1. The van der Waals surface area contributed by atoms with E-state index < -0.39 is 0 Å². The van der Waals surface area contributed by atoms with Crippen molar-refractivity contribution >= 4 is 17.5 Å². The van der Waals surface area contributed by atoms with E-state index in [1.165, 1.54) is 13.0 Å². The number of anilines is 1. The van der Waals surface area contributed by atoms with Gasteiger partial charge >= 0.3 is 0 Å². The van der Waals surface area contributed by atoms with E-state index in [1.807, 2.05) is 13.0 Å². The third-order valence-corrected chi connectivity index (χ3v) is 6.23. The van der Waals surface area contributed by atoms with Crippen LogP contribution in [0.3, 0.4) is 0 Å². The number of nitrogens with zero attached hydrogens (tertiary/aromatic N) is 2. The quantitative estimate of drug-likeness (QED) is 0.735. The molecule has 0 saturated carbocycles. The maximum atomic E-state index is 14.4. The fourth-order valence-electron chi connectivity index (χ4n) is 4.19. The maximum absolute atomic E-state index is 14.4. The molecule has 0 unspecified atom stereocenters. The van der Waals surface area contributed by atoms with E-state index in [2.05, 4.69) is 17.1 Å². The predicted octanol–water partition coefficient (Wildman–Crippen LogP) is 3.79. The number of benzene rings is 2. The molecule has 0 bridgehead atoms. The van der Waals surface area contributed by atoms with Gasteiger partial charge in [-0.1, -0.05) is 25.1 Å². The van der Waals surface area contributed by atoms with E-state index >= 15 is 0 Å². The molecule has 0 saturated heterocycles. The van der Waals surface area contributed by atoms with E-state index in [0.717, 1.165) is 0 Å². The molecule has 0 aromatic heterocycles. The number of nitrogens with one attached hydrogen (secondary N) is 1. The SMILES string of the molecule is CO[C@@H]1CN(C)C(=O)c2ccc(NC(C)=O)cc2OC[C@H](C)N(Cc2ccccc2F)C[C@@H]1C. The number of amides is 2. The topological polar surface area (TPSA) is 71.1 Å². The van der Waals surface area contributed by atoms with Crippen molar-refractivity contribution in [3.63, 3.8) is 0 Å². The molecule has 3 rings (SSSR count). The summed E-state index contributed by atoms with van der Waals surface area (Å²) in [5.41, 5.74) is 1.57. The number of halogens is 1. The summed E-state index contributed by atoms with van der Waals surface area (Å²) in [7, 11) is 3.38. The number of ether oxygens (including phenoxy) is 2. The van der Waals surface area contributed by atoms with Crippen LogP contribution < -0.4 is 10.1 Å². The summed E-state index contributed by atoms with van der Waals surface area (Å²) in [5.74, 6) is -0.167. The molecule has 2 amide bonds. The standard InChI is InChI=1S/C26H34FN3O4/c1-17-13-30(14-20-8-6-7-9-23(20)27)18(2)16-34-24-12-21(28-19(3)31)10-11-22(24)26(32)29(4)15-25(17)33-5/h6-12,17-18,25H,13-16H2,1-5H3,(H,28,31)/t17-,18-,25+/m0/s1. The second-order valence-electron chi connectivity index (χ2n) is 9.01. The first-order valence-corrected chi connectivity index (χ1v) is 11.5. The Morgan fingerprint density at radius 3 is 2.62 bits per heavy atom. The molecule has 34 heavy (non-hydrogen) atoms. The van der Waals surface area contributed by atoms with Crippen LogP contribution in [-0.4, -0.2) is 67.6 Å². The Hall–Kier alpha value is -2.97. The molecule has 184 valence electrons. The Morgan fingerprint density at radius 2 is 1.94 bits per heavy atom. The average Bonchev–Trinajstić information content (AvgIpc) is 2.80. The van der Waals surface area contributed by atoms with Crippen LogP contribution in [0.5, 0.6) is 5.75 Å². The van der Waals surface area contributed by atoms with Crippen molar-refractivity contribution in [1.82, 2.24) is 9.80 Å². The summed E-state index contributed by atoms with van der Waals surface area (Å²) in [5, 5.41) is 2.73. The third-order valence-electron chi connectivity index (χ3n) is 6.23. The Balaban J connectivity index is 1.96. The Kier molecular flexibility index (Phi) is 8.63. The van der Waals surface area contributed by atoms with Crippen LogP contribution in [0.15, 0.2) is 42.5 Å². The van der Waals surface area contributed by atoms with Crippen molar-refractivity contribution < 1.29 is 23.5 Å². The fraction of sp³-hybridized carbons (Fsp3) is 0.462. The molecule has 0 radical (unpaired) electrons. The molecule has 7 nitrogen and oxygen atoms in total. The van der Waals surface area contributed by atoms with Gasteiger partial charge in [-0.25, -0.2) is 4.39 Å². The molecule has 8 heteroatoms. The van der Waals surface area contributed by atoms with Crippen LogP contribution in [0.1, 0.15) is 36.7 Å². The smallest absolute Gasteiger partial charge is 0.257 e. The number of carbonyl (C=O) groups excluding carboxylic acids is 2. The van der Waals surface area contributed by atoms with Crippen LogP contribution in [0.4, 0.5) is 10.1 Å². The molecule has 0 fully saturated rings. The first-order valence-electron chi connectivity index (χ1n) is 11.5.